The number of amides is 1. The lowest BCUT2D eigenvalue weighted by Gasteiger charge is -2.60. The van der Waals surface area contributed by atoms with Gasteiger partial charge in [-0.1, -0.05) is 18.2 Å². The highest BCUT2D eigenvalue weighted by Crippen LogP contribution is 2.40. The van der Waals surface area contributed by atoms with Crippen LogP contribution in [0.1, 0.15) is 33.6 Å². The normalized spacial score (nSPS) is 19.4. The molecule has 1 aromatic rings. The second kappa shape index (κ2) is 7.58. The summed E-state index contributed by atoms with van der Waals surface area (Å²) in [6, 6.07) is 10.6. The lowest BCUT2D eigenvalue weighted by molar-refractivity contribution is -0.112. The summed E-state index contributed by atoms with van der Waals surface area (Å²) in [7, 11) is 0. The number of unbranched alkanes of at least 4 members (excludes halogenated alkanes) is 1. The van der Waals surface area contributed by atoms with Crippen molar-refractivity contribution in [3.8, 4) is 0 Å². The van der Waals surface area contributed by atoms with Crippen LogP contribution in [-0.4, -0.2) is 60.0 Å². The van der Waals surface area contributed by atoms with Gasteiger partial charge in [-0.25, -0.2) is 4.79 Å². The third kappa shape index (κ3) is 5.14. The molecule has 5 heteroatoms. The zero-order valence-electron chi connectivity index (χ0n) is 15.7. The Morgan fingerprint density at radius 3 is 2.44 bits per heavy atom. The molecule has 2 aliphatic heterocycles. The number of nitrogens with zero attached hydrogens (tertiary/aromatic N) is 2. The number of carbonyl (C=O) groups is 1. The maximum Gasteiger partial charge on any atom is 0.410 e. The van der Waals surface area contributed by atoms with E-state index in [1.807, 2.05) is 37.4 Å². The summed E-state index contributed by atoms with van der Waals surface area (Å²) in [5, 5.41) is 0. The average Bonchev–Trinajstić information content (AvgIpc) is 2.46. The maximum atomic E-state index is 12.0. The first kappa shape index (κ1) is 18.6. The summed E-state index contributed by atoms with van der Waals surface area (Å²) in [5.41, 5.74) is -0.0427. The molecule has 0 bridgehead atoms. The molecule has 2 fully saturated rings. The van der Waals surface area contributed by atoms with Crippen LogP contribution in [0.5, 0.6) is 0 Å². The van der Waals surface area contributed by atoms with E-state index in [0.717, 1.165) is 26.2 Å². The number of carbonyl (C=O) groups excluding carboxylic acids is 1. The van der Waals surface area contributed by atoms with Crippen LogP contribution >= 0.6 is 11.8 Å². The van der Waals surface area contributed by atoms with E-state index in [9.17, 15) is 4.79 Å². The Hall–Kier alpha value is -1.20. The lowest BCUT2D eigenvalue weighted by atomic mass is 9.73. The van der Waals surface area contributed by atoms with Gasteiger partial charge < -0.3 is 14.5 Å². The quantitative estimate of drug-likeness (QED) is 0.563. The van der Waals surface area contributed by atoms with Gasteiger partial charge in [0, 0.05) is 36.5 Å². The van der Waals surface area contributed by atoms with Gasteiger partial charge in [-0.15, -0.1) is 11.8 Å². The Morgan fingerprint density at radius 1 is 1.12 bits per heavy atom. The number of thioether (sulfide) groups is 1. The zero-order chi connectivity index (χ0) is 17.9. The van der Waals surface area contributed by atoms with E-state index in [-0.39, 0.29) is 6.09 Å². The fourth-order valence-corrected chi connectivity index (χ4v) is 4.56. The highest BCUT2D eigenvalue weighted by Gasteiger charge is 2.53. The third-order valence-corrected chi connectivity index (χ3v) is 5.80. The van der Waals surface area contributed by atoms with Crippen molar-refractivity contribution in [3.05, 3.63) is 30.3 Å². The number of hydrogen-bond acceptors (Lipinski definition) is 4. The molecule has 0 radical (unpaired) electrons. The molecule has 0 N–H and O–H groups in total. The van der Waals surface area contributed by atoms with Crippen molar-refractivity contribution >= 4 is 17.9 Å². The molecule has 0 aromatic heterocycles. The van der Waals surface area contributed by atoms with Crippen LogP contribution in [-0.2, 0) is 4.74 Å². The lowest BCUT2D eigenvalue weighted by Crippen LogP contribution is -2.73. The maximum absolute atomic E-state index is 12.0. The zero-order valence-corrected chi connectivity index (χ0v) is 16.5. The Morgan fingerprint density at radius 2 is 1.80 bits per heavy atom. The van der Waals surface area contributed by atoms with E-state index in [0.29, 0.717) is 5.41 Å². The van der Waals surface area contributed by atoms with E-state index in [1.54, 1.807) is 0 Å². The minimum atomic E-state index is -0.400. The van der Waals surface area contributed by atoms with Crippen LogP contribution in [0.2, 0.25) is 0 Å². The van der Waals surface area contributed by atoms with Crippen LogP contribution in [0, 0.1) is 5.41 Å². The van der Waals surface area contributed by atoms with Crippen molar-refractivity contribution in [2.24, 2.45) is 5.41 Å². The molecule has 2 saturated heterocycles. The number of likely N-dealkylation sites (tertiary alicyclic amines) is 2. The summed E-state index contributed by atoms with van der Waals surface area (Å²) in [6.07, 6.45) is 2.35. The summed E-state index contributed by atoms with van der Waals surface area (Å²) in [6.45, 7) is 10.9. The van der Waals surface area contributed by atoms with Crippen LogP contribution in [0.3, 0.4) is 0 Å². The third-order valence-electron chi connectivity index (χ3n) is 4.70. The smallest absolute Gasteiger partial charge is 0.410 e. The number of hydrogen-bond donors (Lipinski definition) is 0. The van der Waals surface area contributed by atoms with E-state index in [1.165, 1.54) is 30.0 Å². The van der Waals surface area contributed by atoms with Crippen molar-refractivity contribution < 1.29 is 9.53 Å². The second-order valence-corrected chi connectivity index (χ2v) is 9.58. The van der Waals surface area contributed by atoms with Crippen molar-refractivity contribution in [2.45, 2.75) is 44.1 Å². The highest BCUT2D eigenvalue weighted by atomic mass is 32.2. The standard InChI is InChI=1S/C20H30N2O2S/c1-19(2,3)24-18(23)22-15-20(16-22)13-21(14-20)11-7-8-12-25-17-9-5-4-6-10-17/h4-6,9-10H,7-8,11-16H2,1-3H3. The molecule has 3 rings (SSSR count). The van der Waals surface area contributed by atoms with Crippen LogP contribution in [0.25, 0.3) is 0 Å². The van der Waals surface area contributed by atoms with Gasteiger partial charge in [0.05, 0.1) is 0 Å². The fourth-order valence-electron chi connectivity index (χ4n) is 3.62. The predicted molar refractivity (Wildman–Crippen MR) is 103 cm³/mol. The van der Waals surface area contributed by atoms with Gasteiger partial charge in [0.1, 0.15) is 5.60 Å². The molecule has 2 heterocycles. The number of ether oxygens (including phenoxy) is 1. The van der Waals surface area contributed by atoms with Gasteiger partial charge in [0.15, 0.2) is 0 Å². The molecule has 25 heavy (non-hydrogen) atoms. The van der Waals surface area contributed by atoms with Gasteiger partial charge in [0.25, 0.3) is 0 Å². The molecule has 0 saturated carbocycles. The Bertz CT molecular complexity index is 571. The molecule has 0 atom stereocenters. The van der Waals surface area contributed by atoms with Crippen molar-refractivity contribution in [2.75, 3.05) is 38.5 Å². The summed E-state index contributed by atoms with van der Waals surface area (Å²) in [5.74, 6) is 1.19. The first-order valence-corrected chi connectivity index (χ1v) is 10.2. The van der Waals surface area contributed by atoms with Crippen molar-refractivity contribution in [3.63, 3.8) is 0 Å². The van der Waals surface area contributed by atoms with Gasteiger partial charge in [0.2, 0.25) is 0 Å². The highest BCUT2D eigenvalue weighted by molar-refractivity contribution is 7.99. The molecule has 4 nitrogen and oxygen atoms in total. The van der Waals surface area contributed by atoms with E-state index < -0.39 is 5.60 Å². The summed E-state index contributed by atoms with van der Waals surface area (Å²) in [4.78, 5) is 17.7. The largest absolute Gasteiger partial charge is 0.444 e. The van der Waals surface area contributed by atoms with Crippen molar-refractivity contribution in [1.29, 1.82) is 0 Å². The summed E-state index contributed by atoms with van der Waals surface area (Å²) < 4.78 is 5.43. The number of rotatable bonds is 6. The minimum absolute atomic E-state index is 0.158. The monoisotopic (exact) mass is 362 g/mol. The minimum Gasteiger partial charge on any atom is -0.444 e. The van der Waals surface area contributed by atoms with Crippen LogP contribution in [0.15, 0.2) is 35.2 Å². The van der Waals surface area contributed by atoms with Crippen LogP contribution in [0.4, 0.5) is 4.79 Å². The Labute approximate surface area is 155 Å². The fraction of sp³-hybridized carbons (Fsp3) is 0.650. The molecule has 2 aliphatic rings. The number of benzene rings is 1. The molecule has 0 aliphatic carbocycles. The Kier molecular flexibility index (Phi) is 5.64. The van der Waals surface area contributed by atoms with Crippen LogP contribution < -0.4 is 0 Å². The Balaban J connectivity index is 1.24. The molecule has 0 unspecified atom stereocenters. The van der Waals surface area contributed by atoms with Gasteiger partial charge in [-0.3, -0.25) is 0 Å². The predicted octanol–water partition coefficient (Wildman–Crippen LogP) is 4.11. The van der Waals surface area contributed by atoms with E-state index >= 15 is 0 Å². The van der Waals surface area contributed by atoms with Gasteiger partial charge in [-0.2, -0.15) is 0 Å². The van der Waals surface area contributed by atoms with Gasteiger partial charge >= 0.3 is 6.09 Å². The average molecular weight is 363 g/mol. The first-order valence-electron chi connectivity index (χ1n) is 9.23. The first-order chi connectivity index (χ1) is 11.9. The summed E-state index contributed by atoms with van der Waals surface area (Å²) >= 11 is 1.94. The molecular formula is C20H30N2O2S. The van der Waals surface area contributed by atoms with Gasteiger partial charge in [-0.05, 0) is 58.0 Å². The SMILES string of the molecule is CC(C)(C)OC(=O)N1CC2(CN(CCCCSc3ccccc3)C2)C1. The molecule has 1 aromatic carbocycles. The molecular weight excluding hydrogens is 332 g/mol. The second-order valence-electron chi connectivity index (χ2n) is 8.42. The molecule has 1 spiro atoms. The van der Waals surface area contributed by atoms with Crippen molar-refractivity contribution in [1.82, 2.24) is 9.80 Å². The topological polar surface area (TPSA) is 32.8 Å². The molecule has 138 valence electrons. The van der Waals surface area contributed by atoms with E-state index in [2.05, 4.69) is 35.2 Å². The van der Waals surface area contributed by atoms with E-state index in [4.69, 9.17) is 4.74 Å². The molecule has 1 amide bonds.